The Morgan fingerprint density at radius 2 is 1.51 bits per heavy atom. The van der Waals surface area contributed by atoms with Crippen molar-refractivity contribution in [1.29, 1.82) is 0 Å². The highest BCUT2D eigenvalue weighted by Gasteiger charge is 2.45. The molecule has 1 unspecified atom stereocenters. The van der Waals surface area contributed by atoms with Crippen molar-refractivity contribution in [2.75, 3.05) is 0 Å². The van der Waals surface area contributed by atoms with Gasteiger partial charge >= 0.3 is 6.18 Å². The van der Waals surface area contributed by atoms with Gasteiger partial charge in [0.1, 0.15) is 6.04 Å². The van der Waals surface area contributed by atoms with E-state index in [1.807, 2.05) is 0 Å². The Kier molecular flexibility index (Phi) is 10.2. The minimum atomic E-state index is -5.11. The standard InChI is InChI=1S/C25H27Cl2F3N2O3/c1-14(2)21(23(34)25(28,29)30)32-24(35)22(15(3)17-7-5-4-6-8-17)31-20(33)12-10-16-9-11-18(26)19(27)13-16/h4-9,11,13-15,21-22H,10,12H2,1-3H3,(H,31,33)(H,32,35)/t15-,21-,22?/m0/s1. The number of nitrogens with one attached hydrogen (secondary N) is 2. The fourth-order valence-corrected chi connectivity index (χ4v) is 3.84. The van der Waals surface area contributed by atoms with Crippen molar-refractivity contribution in [3.05, 3.63) is 69.7 Å². The summed E-state index contributed by atoms with van der Waals surface area (Å²) in [5.74, 6) is -4.80. The first-order valence-corrected chi connectivity index (χ1v) is 11.8. The zero-order chi connectivity index (χ0) is 26.3. The number of halogens is 5. The second kappa shape index (κ2) is 12.4. The van der Waals surface area contributed by atoms with Crippen molar-refractivity contribution < 1.29 is 27.6 Å². The number of carbonyl (C=O) groups is 3. The van der Waals surface area contributed by atoms with Crippen LogP contribution < -0.4 is 10.6 Å². The van der Waals surface area contributed by atoms with Crippen LogP contribution in [0.2, 0.25) is 10.0 Å². The van der Waals surface area contributed by atoms with Crippen molar-refractivity contribution in [3.8, 4) is 0 Å². The van der Waals surface area contributed by atoms with Crippen molar-refractivity contribution in [2.24, 2.45) is 5.92 Å². The molecule has 190 valence electrons. The molecule has 0 saturated carbocycles. The van der Waals surface area contributed by atoms with Crippen molar-refractivity contribution in [1.82, 2.24) is 10.6 Å². The van der Waals surface area contributed by atoms with E-state index in [2.05, 4.69) is 10.6 Å². The van der Waals surface area contributed by atoms with E-state index >= 15 is 0 Å². The van der Waals surface area contributed by atoms with E-state index in [9.17, 15) is 27.6 Å². The van der Waals surface area contributed by atoms with Gasteiger partial charge in [0.15, 0.2) is 0 Å². The molecule has 2 aromatic rings. The molecule has 0 saturated heterocycles. The Labute approximate surface area is 212 Å². The zero-order valence-corrected chi connectivity index (χ0v) is 21.0. The monoisotopic (exact) mass is 530 g/mol. The first kappa shape index (κ1) is 28.7. The Bertz CT molecular complexity index is 1050. The molecule has 0 aliphatic carbocycles. The normalized spacial score (nSPS) is 14.2. The molecule has 2 rings (SSSR count). The van der Waals surface area contributed by atoms with Crippen LogP contribution in [-0.4, -0.2) is 35.9 Å². The number of hydrogen-bond donors (Lipinski definition) is 2. The molecule has 35 heavy (non-hydrogen) atoms. The fourth-order valence-electron chi connectivity index (χ4n) is 3.52. The van der Waals surface area contributed by atoms with Gasteiger partial charge in [-0.3, -0.25) is 14.4 Å². The maximum absolute atomic E-state index is 13.1. The number of aryl methyl sites for hydroxylation is 1. The van der Waals surface area contributed by atoms with E-state index in [4.69, 9.17) is 23.2 Å². The van der Waals surface area contributed by atoms with E-state index < -0.39 is 47.7 Å². The summed E-state index contributed by atoms with van der Waals surface area (Å²) >= 11 is 11.9. The highest BCUT2D eigenvalue weighted by Crippen LogP contribution is 2.25. The van der Waals surface area contributed by atoms with Crippen LogP contribution in [0.5, 0.6) is 0 Å². The molecule has 0 spiro atoms. The van der Waals surface area contributed by atoms with Gasteiger partial charge < -0.3 is 10.6 Å². The second-order valence-corrected chi connectivity index (χ2v) is 9.40. The number of amides is 2. The van der Waals surface area contributed by atoms with Crippen LogP contribution in [0, 0.1) is 5.92 Å². The van der Waals surface area contributed by atoms with Gasteiger partial charge in [0.25, 0.3) is 5.78 Å². The van der Waals surface area contributed by atoms with Gasteiger partial charge in [-0.15, -0.1) is 0 Å². The van der Waals surface area contributed by atoms with Crippen LogP contribution in [0.25, 0.3) is 0 Å². The predicted octanol–water partition coefficient (Wildman–Crippen LogP) is 5.49. The summed E-state index contributed by atoms with van der Waals surface area (Å²) in [6, 6.07) is 10.7. The number of hydrogen-bond acceptors (Lipinski definition) is 3. The number of benzene rings is 2. The summed E-state index contributed by atoms with van der Waals surface area (Å²) in [7, 11) is 0. The lowest BCUT2D eigenvalue weighted by molar-refractivity contribution is -0.175. The molecule has 0 fully saturated rings. The number of ketones is 1. The van der Waals surface area contributed by atoms with Crippen LogP contribution in [0.15, 0.2) is 48.5 Å². The Morgan fingerprint density at radius 3 is 2.06 bits per heavy atom. The van der Waals surface area contributed by atoms with E-state index in [1.54, 1.807) is 55.5 Å². The summed E-state index contributed by atoms with van der Waals surface area (Å²) in [6.07, 6.45) is -4.80. The zero-order valence-electron chi connectivity index (χ0n) is 19.5. The van der Waals surface area contributed by atoms with Gasteiger partial charge in [-0.2, -0.15) is 13.2 Å². The number of alkyl halides is 3. The lowest BCUT2D eigenvalue weighted by atomic mass is 9.91. The van der Waals surface area contributed by atoms with Crippen LogP contribution >= 0.6 is 23.2 Å². The minimum Gasteiger partial charge on any atom is -0.344 e. The summed E-state index contributed by atoms with van der Waals surface area (Å²) in [6.45, 7) is 4.48. The number of rotatable bonds is 10. The van der Waals surface area contributed by atoms with Crippen LogP contribution in [0.3, 0.4) is 0 Å². The number of Topliss-reactive ketones (excluding diaryl/α,β-unsaturated/α-hetero) is 1. The molecule has 2 N–H and O–H groups in total. The molecular weight excluding hydrogens is 504 g/mol. The minimum absolute atomic E-state index is 0.00165. The largest absolute Gasteiger partial charge is 0.452 e. The van der Waals surface area contributed by atoms with Gasteiger partial charge in [-0.05, 0) is 35.6 Å². The average Bonchev–Trinajstić information content (AvgIpc) is 2.80. The molecule has 2 aromatic carbocycles. The van der Waals surface area contributed by atoms with Gasteiger partial charge in [-0.1, -0.05) is 80.4 Å². The third kappa shape index (κ3) is 8.25. The molecule has 0 aliphatic heterocycles. The smallest absolute Gasteiger partial charge is 0.344 e. The maximum atomic E-state index is 13.1. The Morgan fingerprint density at radius 1 is 0.886 bits per heavy atom. The van der Waals surface area contributed by atoms with Gasteiger partial charge in [-0.25, -0.2) is 0 Å². The Balaban J connectivity index is 2.22. The molecule has 10 heteroatoms. The fraction of sp³-hybridized carbons (Fsp3) is 0.400. The average molecular weight is 531 g/mol. The Hall–Kier alpha value is -2.58. The third-order valence-electron chi connectivity index (χ3n) is 5.58. The maximum Gasteiger partial charge on any atom is 0.452 e. The highest BCUT2D eigenvalue weighted by molar-refractivity contribution is 6.42. The molecule has 0 bridgehead atoms. The summed E-state index contributed by atoms with van der Waals surface area (Å²) < 4.78 is 39.2. The lowest BCUT2D eigenvalue weighted by Crippen LogP contribution is -2.56. The molecule has 0 aromatic heterocycles. The SMILES string of the molecule is CC(C)[C@H](NC(=O)C(NC(=O)CCc1ccc(Cl)c(Cl)c1)[C@@H](C)c1ccccc1)C(=O)C(F)(F)F. The highest BCUT2D eigenvalue weighted by atomic mass is 35.5. The lowest BCUT2D eigenvalue weighted by Gasteiger charge is -2.29. The van der Waals surface area contributed by atoms with E-state index in [1.165, 1.54) is 13.8 Å². The van der Waals surface area contributed by atoms with E-state index in [-0.39, 0.29) is 6.42 Å². The second-order valence-electron chi connectivity index (χ2n) is 8.59. The summed E-state index contributed by atoms with van der Waals surface area (Å²) in [4.78, 5) is 37.7. The van der Waals surface area contributed by atoms with Gasteiger partial charge in [0, 0.05) is 12.3 Å². The molecule has 0 aliphatic rings. The van der Waals surface area contributed by atoms with Gasteiger partial charge in [0.2, 0.25) is 11.8 Å². The molecule has 5 nitrogen and oxygen atoms in total. The molecule has 3 atom stereocenters. The van der Waals surface area contributed by atoms with Crippen LogP contribution in [-0.2, 0) is 20.8 Å². The van der Waals surface area contributed by atoms with Crippen molar-refractivity contribution >= 4 is 40.8 Å². The summed E-state index contributed by atoms with van der Waals surface area (Å²) in [5, 5.41) is 5.56. The first-order valence-electron chi connectivity index (χ1n) is 11.0. The quantitative estimate of drug-likeness (QED) is 0.426. The molecule has 2 amide bonds. The summed E-state index contributed by atoms with van der Waals surface area (Å²) in [5.41, 5.74) is 1.45. The van der Waals surface area contributed by atoms with Crippen molar-refractivity contribution in [3.63, 3.8) is 0 Å². The molecular formula is C25H27Cl2F3N2O3. The van der Waals surface area contributed by atoms with Crippen molar-refractivity contribution in [2.45, 2.75) is 57.8 Å². The predicted molar refractivity (Wildman–Crippen MR) is 129 cm³/mol. The van der Waals surface area contributed by atoms with Gasteiger partial charge in [0.05, 0.1) is 16.1 Å². The van der Waals surface area contributed by atoms with E-state index in [0.717, 1.165) is 5.56 Å². The number of carbonyl (C=O) groups excluding carboxylic acids is 3. The van der Waals surface area contributed by atoms with E-state index in [0.29, 0.717) is 22.0 Å². The van der Waals surface area contributed by atoms with Crippen LogP contribution in [0.4, 0.5) is 13.2 Å². The van der Waals surface area contributed by atoms with Crippen LogP contribution in [0.1, 0.15) is 44.2 Å². The molecule has 0 heterocycles. The first-order chi connectivity index (χ1) is 16.3. The molecule has 0 radical (unpaired) electrons. The topological polar surface area (TPSA) is 75.3 Å². The third-order valence-corrected chi connectivity index (χ3v) is 6.31.